The Labute approximate surface area is 175 Å². The second kappa shape index (κ2) is 12.9. The van der Waals surface area contributed by atoms with Gasteiger partial charge in [0.1, 0.15) is 5.75 Å². The molecule has 0 radical (unpaired) electrons. The minimum atomic E-state index is -1.82. The molecule has 9 heteroatoms. The minimum Gasteiger partial charge on any atom is -0.497 e. The quantitative estimate of drug-likeness (QED) is 0.413. The molecule has 0 aliphatic carbocycles. The van der Waals surface area contributed by atoms with Crippen LogP contribution in [0.3, 0.4) is 0 Å². The first-order chi connectivity index (χ1) is 14.4. The number of nitrogens with one attached hydrogen (secondary N) is 1. The van der Waals surface area contributed by atoms with Gasteiger partial charge in [0.2, 0.25) is 5.75 Å². The number of aliphatic carboxylic acids is 2. The Kier molecular flexibility index (Phi) is 10.6. The summed E-state index contributed by atoms with van der Waals surface area (Å²) in [5.74, 6) is -0.816. The van der Waals surface area contributed by atoms with Gasteiger partial charge >= 0.3 is 11.9 Å². The van der Waals surface area contributed by atoms with Crippen molar-refractivity contribution in [3.8, 4) is 23.0 Å². The second-order valence-electron chi connectivity index (χ2n) is 5.92. The molecule has 9 nitrogen and oxygen atoms in total. The number of carboxylic acid groups (broad SMARTS) is 2. The SMILES string of the molecule is COc1ccc(CCNCc2cc(OC)c(OC)c(OC)c2)cc1.O=C(O)C(=O)O. The van der Waals surface area contributed by atoms with E-state index in [1.54, 1.807) is 28.4 Å². The number of hydrogen-bond donors (Lipinski definition) is 3. The molecule has 0 fully saturated rings. The van der Waals surface area contributed by atoms with Crippen molar-refractivity contribution in [1.29, 1.82) is 0 Å². The van der Waals surface area contributed by atoms with Crippen LogP contribution >= 0.6 is 0 Å². The van der Waals surface area contributed by atoms with E-state index in [0.29, 0.717) is 17.2 Å². The number of rotatable bonds is 9. The van der Waals surface area contributed by atoms with E-state index in [-0.39, 0.29) is 0 Å². The Bertz CT molecular complexity index is 783. The smallest absolute Gasteiger partial charge is 0.414 e. The molecule has 0 amide bonds. The van der Waals surface area contributed by atoms with Crippen LogP contribution in [-0.2, 0) is 22.6 Å². The fourth-order valence-electron chi connectivity index (χ4n) is 2.50. The molecular formula is C21H27NO8. The zero-order valence-electron chi connectivity index (χ0n) is 17.4. The van der Waals surface area contributed by atoms with Gasteiger partial charge in [-0.1, -0.05) is 12.1 Å². The van der Waals surface area contributed by atoms with Crippen molar-refractivity contribution in [2.24, 2.45) is 0 Å². The molecular weight excluding hydrogens is 394 g/mol. The van der Waals surface area contributed by atoms with Gasteiger partial charge in [0.25, 0.3) is 0 Å². The molecule has 2 aromatic rings. The topological polar surface area (TPSA) is 124 Å². The Morgan fingerprint density at radius 3 is 1.73 bits per heavy atom. The average molecular weight is 421 g/mol. The van der Waals surface area contributed by atoms with Crippen molar-refractivity contribution in [3.05, 3.63) is 47.5 Å². The van der Waals surface area contributed by atoms with Crippen LogP contribution in [0.2, 0.25) is 0 Å². The maximum absolute atomic E-state index is 9.10. The predicted octanol–water partition coefficient (Wildman–Crippen LogP) is 2.21. The third-order valence-corrected chi connectivity index (χ3v) is 3.99. The van der Waals surface area contributed by atoms with E-state index in [2.05, 4.69) is 17.4 Å². The monoisotopic (exact) mass is 421 g/mol. The lowest BCUT2D eigenvalue weighted by Gasteiger charge is -2.14. The largest absolute Gasteiger partial charge is 0.497 e. The summed E-state index contributed by atoms with van der Waals surface area (Å²) in [6, 6.07) is 12.0. The van der Waals surface area contributed by atoms with Crippen LogP contribution in [0.5, 0.6) is 23.0 Å². The van der Waals surface area contributed by atoms with Crippen molar-refractivity contribution < 1.29 is 38.7 Å². The van der Waals surface area contributed by atoms with Crippen LogP contribution in [-0.4, -0.2) is 57.1 Å². The summed E-state index contributed by atoms with van der Waals surface area (Å²) in [5.41, 5.74) is 2.35. The molecule has 0 saturated heterocycles. The number of carbonyl (C=O) groups is 2. The van der Waals surface area contributed by atoms with Crippen molar-refractivity contribution in [2.45, 2.75) is 13.0 Å². The van der Waals surface area contributed by atoms with Crippen molar-refractivity contribution in [3.63, 3.8) is 0 Å². The molecule has 0 atom stereocenters. The molecule has 0 spiro atoms. The van der Waals surface area contributed by atoms with E-state index in [4.69, 9.17) is 38.7 Å². The third-order valence-electron chi connectivity index (χ3n) is 3.99. The number of methoxy groups -OCH3 is 4. The number of benzene rings is 2. The van der Waals surface area contributed by atoms with Crippen LogP contribution < -0.4 is 24.3 Å². The number of ether oxygens (including phenoxy) is 4. The fourth-order valence-corrected chi connectivity index (χ4v) is 2.50. The van der Waals surface area contributed by atoms with Gasteiger partial charge in [-0.15, -0.1) is 0 Å². The highest BCUT2D eigenvalue weighted by Gasteiger charge is 2.12. The molecule has 0 aromatic heterocycles. The zero-order chi connectivity index (χ0) is 22.5. The number of carboxylic acids is 2. The summed E-state index contributed by atoms with van der Waals surface area (Å²) < 4.78 is 21.2. The van der Waals surface area contributed by atoms with E-state index in [1.165, 1.54) is 5.56 Å². The van der Waals surface area contributed by atoms with E-state index in [9.17, 15) is 0 Å². The predicted molar refractivity (Wildman–Crippen MR) is 110 cm³/mol. The zero-order valence-corrected chi connectivity index (χ0v) is 17.4. The molecule has 0 aliphatic heterocycles. The first-order valence-corrected chi connectivity index (χ1v) is 8.95. The Morgan fingerprint density at radius 1 is 0.800 bits per heavy atom. The molecule has 0 bridgehead atoms. The molecule has 0 unspecified atom stereocenters. The lowest BCUT2D eigenvalue weighted by Crippen LogP contribution is -2.16. The van der Waals surface area contributed by atoms with Gasteiger partial charge in [-0.25, -0.2) is 9.59 Å². The molecule has 0 aliphatic rings. The summed E-state index contributed by atoms with van der Waals surface area (Å²) >= 11 is 0. The first-order valence-electron chi connectivity index (χ1n) is 8.95. The summed E-state index contributed by atoms with van der Waals surface area (Å²) in [7, 11) is 6.53. The Hall–Kier alpha value is -3.46. The molecule has 30 heavy (non-hydrogen) atoms. The Balaban J connectivity index is 0.000000656. The van der Waals surface area contributed by atoms with E-state index in [1.807, 2.05) is 24.3 Å². The highest BCUT2D eigenvalue weighted by molar-refractivity contribution is 6.27. The average Bonchev–Trinajstić information content (AvgIpc) is 2.76. The highest BCUT2D eigenvalue weighted by atomic mass is 16.5. The lowest BCUT2D eigenvalue weighted by molar-refractivity contribution is -0.159. The highest BCUT2D eigenvalue weighted by Crippen LogP contribution is 2.38. The van der Waals surface area contributed by atoms with E-state index >= 15 is 0 Å². The van der Waals surface area contributed by atoms with Crippen LogP contribution in [0.25, 0.3) is 0 Å². The number of hydrogen-bond acceptors (Lipinski definition) is 7. The van der Waals surface area contributed by atoms with Gasteiger partial charge < -0.3 is 34.5 Å². The molecule has 2 rings (SSSR count). The molecule has 2 aromatic carbocycles. The summed E-state index contributed by atoms with van der Waals surface area (Å²) in [5, 5.41) is 18.2. The van der Waals surface area contributed by atoms with Gasteiger partial charge in [0, 0.05) is 6.54 Å². The first kappa shape index (κ1) is 24.6. The standard InChI is InChI=1S/C19H25NO4.C2H2O4/c1-21-16-7-5-14(6-8-16)9-10-20-13-15-11-17(22-2)19(24-4)18(12-15)23-3;3-1(4)2(5)6/h5-8,11-12,20H,9-10,13H2,1-4H3;(H,3,4)(H,5,6). The molecule has 164 valence electrons. The van der Waals surface area contributed by atoms with Crippen molar-refractivity contribution in [2.75, 3.05) is 35.0 Å². The van der Waals surface area contributed by atoms with Crippen LogP contribution in [0.1, 0.15) is 11.1 Å². The molecule has 3 N–H and O–H groups in total. The van der Waals surface area contributed by atoms with Crippen LogP contribution in [0.15, 0.2) is 36.4 Å². The minimum absolute atomic E-state index is 0.613. The van der Waals surface area contributed by atoms with E-state index < -0.39 is 11.9 Å². The summed E-state index contributed by atoms with van der Waals surface area (Å²) in [4.78, 5) is 18.2. The fraction of sp³-hybridized carbons (Fsp3) is 0.333. The van der Waals surface area contributed by atoms with Gasteiger partial charge in [-0.05, 0) is 48.4 Å². The second-order valence-corrected chi connectivity index (χ2v) is 5.92. The van der Waals surface area contributed by atoms with Gasteiger partial charge in [0.05, 0.1) is 28.4 Å². The third kappa shape index (κ3) is 7.88. The molecule has 0 heterocycles. The summed E-state index contributed by atoms with van der Waals surface area (Å²) in [6.07, 6.45) is 0.953. The van der Waals surface area contributed by atoms with E-state index in [0.717, 1.165) is 30.8 Å². The van der Waals surface area contributed by atoms with Gasteiger partial charge in [-0.2, -0.15) is 0 Å². The maximum atomic E-state index is 9.10. The Morgan fingerprint density at radius 2 is 1.33 bits per heavy atom. The van der Waals surface area contributed by atoms with Crippen LogP contribution in [0, 0.1) is 0 Å². The lowest BCUT2D eigenvalue weighted by atomic mass is 10.1. The summed E-state index contributed by atoms with van der Waals surface area (Å²) in [6.45, 7) is 1.61. The molecule has 0 saturated carbocycles. The van der Waals surface area contributed by atoms with Crippen molar-refractivity contribution in [1.82, 2.24) is 5.32 Å². The normalized spacial score (nSPS) is 9.73. The van der Waals surface area contributed by atoms with Crippen molar-refractivity contribution >= 4 is 11.9 Å². The van der Waals surface area contributed by atoms with Gasteiger partial charge in [0.15, 0.2) is 11.5 Å². The maximum Gasteiger partial charge on any atom is 0.414 e. The van der Waals surface area contributed by atoms with Gasteiger partial charge in [-0.3, -0.25) is 0 Å². The van der Waals surface area contributed by atoms with Crippen LogP contribution in [0.4, 0.5) is 0 Å².